The van der Waals surface area contributed by atoms with E-state index in [-0.39, 0.29) is 11.2 Å². The van der Waals surface area contributed by atoms with Crippen LogP contribution >= 0.6 is 0 Å². The van der Waals surface area contributed by atoms with Gasteiger partial charge in [-0.3, -0.25) is 0 Å². The van der Waals surface area contributed by atoms with Gasteiger partial charge < -0.3 is 5.32 Å². The molecule has 1 unspecified atom stereocenters. The summed E-state index contributed by atoms with van der Waals surface area (Å²) in [5.74, 6) is -0.0942. The standard InChI is InChI=1S/C16H26FN/c1-6-18-15(16(3,4)5)10-9-13-8-7-12(2)14(17)11-13/h7-8,11,15,18H,6,9-10H2,1-5H3. The summed E-state index contributed by atoms with van der Waals surface area (Å²) in [6.07, 6.45) is 1.96. The lowest BCUT2D eigenvalue weighted by atomic mass is 9.83. The van der Waals surface area contributed by atoms with E-state index >= 15 is 0 Å². The maximum absolute atomic E-state index is 13.5. The molecule has 0 aromatic heterocycles. The molecule has 0 aliphatic rings. The minimum atomic E-state index is -0.0942. The zero-order chi connectivity index (χ0) is 13.8. The lowest BCUT2D eigenvalue weighted by Crippen LogP contribution is -2.40. The highest BCUT2D eigenvalue weighted by atomic mass is 19.1. The fraction of sp³-hybridized carbons (Fsp3) is 0.625. The predicted octanol–water partition coefficient (Wildman–Crippen LogP) is 4.09. The third kappa shape index (κ3) is 4.41. The van der Waals surface area contributed by atoms with Gasteiger partial charge in [-0.1, -0.05) is 39.8 Å². The van der Waals surface area contributed by atoms with E-state index in [2.05, 4.69) is 33.0 Å². The third-order valence-electron chi connectivity index (χ3n) is 3.45. The lowest BCUT2D eigenvalue weighted by Gasteiger charge is -2.31. The fourth-order valence-electron chi connectivity index (χ4n) is 2.19. The van der Waals surface area contributed by atoms with Crippen molar-refractivity contribution in [3.8, 4) is 0 Å². The second-order valence-electron chi connectivity index (χ2n) is 6.10. The summed E-state index contributed by atoms with van der Waals surface area (Å²) in [5, 5.41) is 3.53. The van der Waals surface area contributed by atoms with Crippen molar-refractivity contribution in [2.45, 2.75) is 53.5 Å². The Morgan fingerprint density at radius 2 is 1.94 bits per heavy atom. The van der Waals surface area contributed by atoms with Gasteiger partial charge in [0.25, 0.3) is 0 Å². The van der Waals surface area contributed by atoms with Crippen LogP contribution in [0.4, 0.5) is 4.39 Å². The van der Waals surface area contributed by atoms with Crippen LogP contribution in [0.2, 0.25) is 0 Å². The predicted molar refractivity (Wildman–Crippen MR) is 76.4 cm³/mol. The van der Waals surface area contributed by atoms with Gasteiger partial charge in [0.1, 0.15) is 5.82 Å². The van der Waals surface area contributed by atoms with Crippen molar-refractivity contribution in [1.29, 1.82) is 0 Å². The van der Waals surface area contributed by atoms with Gasteiger partial charge in [0.15, 0.2) is 0 Å². The van der Waals surface area contributed by atoms with Gasteiger partial charge in [0, 0.05) is 6.04 Å². The Balaban J connectivity index is 2.64. The molecule has 1 rings (SSSR count). The molecule has 1 N–H and O–H groups in total. The molecular weight excluding hydrogens is 225 g/mol. The molecule has 0 bridgehead atoms. The van der Waals surface area contributed by atoms with E-state index in [1.807, 2.05) is 12.1 Å². The zero-order valence-electron chi connectivity index (χ0n) is 12.3. The molecule has 0 fully saturated rings. The zero-order valence-corrected chi connectivity index (χ0v) is 12.3. The molecule has 102 valence electrons. The number of nitrogens with one attached hydrogen (secondary N) is 1. The van der Waals surface area contributed by atoms with E-state index in [9.17, 15) is 4.39 Å². The van der Waals surface area contributed by atoms with E-state index in [1.165, 1.54) is 0 Å². The van der Waals surface area contributed by atoms with Crippen LogP contribution in [-0.4, -0.2) is 12.6 Å². The van der Waals surface area contributed by atoms with Crippen LogP contribution in [0.25, 0.3) is 0 Å². The second-order valence-corrected chi connectivity index (χ2v) is 6.10. The topological polar surface area (TPSA) is 12.0 Å². The van der Waals surface area contributed by atoms with Crippen molar-refractivity contribution in [2.75, 3.05) is 6.54 Å². The molecule has 1 aromatic rings. The summed E-state index contributed by atoms with van der Waals surface area (Å²) >= 11 is 0. The minimum absolute atomic E-state index is 0.0942. The number of aryl methyl sites for hydroxylation is 2. The maximum atomic E-state index is 13.5. The Labute approximate surface area is 111 Å². The van der Waals surface area contributed by atoms with Gasteiger partial charge in [-0.2, -0.15) is 0 Å². The Kier molecular flexibility index (Phi) is 5.33. The number of halogens is 1. The Morgan fingerprint density at radius 3 is 2.44 bits per heavy atom. The molecule has 0 aliphatic carbocycles. The first-order valence-corrected chi connectivity index (χ1v) is 6.83. The lowest BCUT2D eigenvalue weighted by molar-refractivity contribution is 0.258. The first kappa shape index (κ1) is 15.2. The summed E-state index contributed by atoms with van der Waals surface area (Å²) in [5.41, 5.74) is 2.04. The van der Waals surface area contributed by atoms with Crippen LogP contribution in [0.1, 0.15) is 45.2 Å². The molecule has 2 heteroatoms. The molecule has 0 saturated heterocycles. The molecule has 0 heterocycles. The van der Waals surface area contributed by atoms with Crippen LogP contribution in [0, 0.1) is 18.2 Å². The molecule has 0 radical (unpaired) electrons. The van der Waals surface area contributed by atoms with Crippen molar-refractivity contribution in [2.24, 2.45) is 5.41 Å². The van der Waals surface area contributed by atoms with E-state index in [0.717, 1.165) is 30.5 Å². The molecule has 1 nitrogen and oxygen atoms in total. The average Bonchev–Trinajstić information content (AvgIpc) is 2.27. The molecule has 0 aliphatic heterocycles. The van der Waals surface area contributed by atoms with Gasteiger partial charge in [-0.05, 0) is 48.9 Å². The number of rotatable bonds is 5. The van der Waals surface area contributed by atoms with Gasteiger partial charge in [0.2, 0.25) is 0 Å². The molecule has 18 heavy (non-hydrogen) atoms. The summed E-state index contributed by atoms with van der Waals surface area (Å²) in [7, 11) is 0. The molecule has 1 atom stereocenters. The quantitative estimate of drug-likeness (QED) is 0.831. The van der Waals surface area contributed by atoms with E-state index in [0.29, 0.717) is 6.04 Å². The van der Waals surface area contributed by atoms with Crippen LogP contribution in [0.5, 0.6) is 0 Å². The number of hydrogen-bond acceptors (Lipinski definition) is 1. The Morgan fingerprint density at radius 1 is 1.28 bits per heavy atom. The van der Waals surface area contributed by atoms with Crippen molar-refractivity contribution in [1.82, 2.24) is 5.32 Å². The largest absolute Gasteiger partial charge is 0.314 e. The maximum Gasteiger partial charge on any atom is 0.126 e. The molecular formula is C16H26FN. The van der Waals surface area contributed by atoms with Crippen molar-refractivity contribution < 1.29 is 4.39 Å². The van der Waals surface area contributed by atoms with Gasteiger partial charge in [0.05, 0.1) is 0 Å². The second kappa shape index (κ2) is 6.33. The molecule has 0 amide bonds. The summed E-state index contributed by atoms with van der Waals surface area (Å²) < 4.78 is 13.5. The first-order valence-electron chi connectivity index (χ1n) is 6.83. The Bertz CT molecular complexity index is 379. The van der Waals surface area contributed by atoms with Crippen LogP contribution in [-0.2, 0) is 6.42 Å². The van der Waals surface area contributed by atoms with Gasteiger partial charge in [-0.15, -0.1) is 0 Å². The monoisotopic (exact) mass is 251 g/mol. The average molecular weight is 251 g/mol. The smallest absolute Gasteiger partial charge is 0.126 e. The van der Waals surface area contributed by atoms with Crippen LogP contribution in [0.3, 0.4) is 0 Å². The van der Waals surface area contributed by atoms with Crippen LogP contribution < -0.4 is 5.32 Å². The molecule has 1 aromatic carbocycles. The normalized spacial score (nSPS) is 13.7. The highest BCUT2D eigenvalue weighted by molar-refractivity contribution is 5.23. The van der Waals surface area contributed by atoms with E-state index in [4.69, 9.17) is 0 Å². The summed E-state index contributed by atoms with van der Waals surface area (Å²) in [6, 6.07) is 6.03. The minimum Gasteiger partial charge on any atom is -0.314 e. The van der Waals surface area contributed by atoms with Crippen LogP contribution in [0.15, 0.2) is 18.2 Å². The molecule has 0 saturated carbocycles. The highest BCUT2D eigenvalue weighted by Crippen LogP contribution is 2.23. The fourth-order valence-corrected chi connectivity index (χ4v) is 2.19. The van der Waals surface area contributed by atoms with Crippen molar-refractivity contribution >= 4 is 0 Å². The highest BCUT2D eigenvalue weighted by Gasteiger charge is 2.23. The van der Waals surface area contributed by atoms with E-state index in [1.54, 1.807) is 13.0 Å². The van der Waals surface area contributed by atoms with Crippen molar-refractivity contribution in [3.05, 3.63) is 35.1 Å². The number of hydrogen-bond donors (Lipinski definition) is 1. The molecule has 0 spiro atoms. The van der Waals surface area contributed by atoms with Gasteiger partial charge in [-0.25, -0.2) is 4.39 Å². The van der Waals surface area contributed by atoms with E-state index < -0.39 is 0 Å². The number of benzene rings is 1. The summed E-state index contributed by atoms with van der Waals surface area (Å²) in [6.45, 7) is 11.6. The Hall–Kier alpha value is -0.890. The third-order valence-corrected chi connectivity index (χ3v) is 3.45. The van der Waals surface area contributed by atoms with Crippen molar-refractivity contribution in [3.63, 3.8) is 0 Å². The summed E-state index contributed by atoms with van der Waals surface area (Å²) in [4.78, 5) is 0. The first-order chi connectivity index (χ1) is 8.34. The van der Waals surface area contributed by atoms with Gasteiger partial charge >= 0.3 is 0 Å². The SMILES string of the molecule is CCNC(CCc1ccc(C)c(F)c1)C(C)(C)C.